The van der Waals surface area contributed by atoms with Gasteiger partial charge in [0.2, 0.25) is 10.0 Å². The van der Waals surface area contributed by atoms with Gasteiger partial charge >= 0.3 is 0 Å². The number of rotatable bonds is 5. The van der Waals surface area contributed by atoms with E-state index in [0.717, 1.165) is 33.0 Å². The van der Waals surface area contributed by atoms with Crippen LogP contribution in [0.1, 0.15) is 5.56 Å². The van der Waals surface area contributed by atoms with Crippen LogP contribution in [0.4, 0.5) is 11.4 Å². The Bertz CT molecular complexity index is 992. The van der Waals surface area contributed by atoms with Gasteiger partial charge in [-0.2, -0.15) is 0 Å². The van der Waals surface area contributed by atoms with E-state index in [9.17, 15) is 8.42 Å². The van der Waals surface area contributed by atoms with E-state index in [1.165, 1.54) is 0 Å². The zero-order chi connectivity index (χ0) is 17.2. The number of aromatic nitrogens is 2. The van der Waals surface area contributed by atoms with Gasteiger partial charge in [0.1, 0.15) is 5.52 Å². The molecule has 0 bridgehead atoms. The van der Waals surface area contributed by atoms with Gasteiger partial charge in [-0.25, -0.2) is 8.42 Å². The van der Waals surface area contributed by atoms with Gasteiger partial charge < -0.3 is 5.32 Å². The molecule has 0 aliphatic carbocycles. The number of benzene rings is 1. The minimum absolute atomic E-state index is 0.538. The average Bonchev–Trinajstić information content (AvgIpc) is 2.51. The molecule has 1 aromatic carbocycles. The minimum Gasteiger partial charge on any atom is -0.379 e. The van der Waals surface area contributed by atoms with Crippen LogP contribution >= 0.6 is 15.9 Å². The lowest BCUT2D eigenvalue weighted by atomic mass is 10.2. The van der Waals surface area contributed by atoms with E-state index in [2.05, 4.69) is 35.9 Å². The van der Waals surface area contributed by atoms with E-state index in [-0.39, 0.29) is 0 Å². The molecule has 0 fully saturated rings. The highest BCUT2D eigenvalue weighted by molar-refractivity contribution is 9.10. The van der Waals surface area contributed by atoms with Crippen LogP contribution in [-0.2, 0) is 16.6 Å². The molecule has 2 N–H and O–H groups in total. The molecule has 0 saturated carbocycles. The summed E-state index contributed by atoms with van der Waals surface area (Å²) in [7, 11) is -3.29. The van der Waals surface area contributed by atoms with Crippen LogP contribution in [0.3, 0.4) is 0 Å². The normalized spacial score (nSPS) is 11.4. The molecule has 0 aliphatic heterocycles. The average molecular weight is 407 g/mol. The Hall–Kier alpha value is -2.19. The van der Waals surface area contributed by atoms with Crippen molar-refractivity contribution in [3.63, 3.8) is 0 Å². The molecular weight excluding hydrogens is 392 g/mol. The van der Waals surface area contributed by atoms with E-state index in [1.54, 1.807) is 24.5 Å². The molecule has 0 unspecified atom stereocenters. The van der Waals surface area contributed by atoms with Gasteiger partial charge in [-0.3, -0.25) is 14.7 Å². The van der Waals surface area contributed by atoms with Gasteiger partial charge in [0.15, 0.2) is 0 Å². The molecule has 0 saturated heterocycles. The molecule has 0 aliphatic rings. The molecule has 0 spiro atoms. The number of halogens is 1. The van der Waals surface area contributed by atoms with Gasteiger partial charge in [0.05, 0.1) is 17.5 Å². The van der Waals surface area contributed by atoms with Crippen molar-refractivity contribution in [2.24, 2.45) is 0 Å². The Labute approximate surface area is 148 Å². The monoisotopic (exact) mass is 406 g/mol. The highest BCUT2D eigenvalue weighted by Gasteiger charge is 2.05. The number of fused-ring (bicyclic) bond motifs is 1. The van der Waals surface area contributed by atoms with E-state index in [0.29, 0.717) is 12.2 Å². The van der Waals surface area contributed by atoms with Crippen molar-refractivity contribution in [2.45, 2.75) is 6.54 Å². The molecule has 8 heteroatoms. The van der Waals surface area contributed by atoms with Crippen molar-refractivity contribution in [2.75, 3.05) is 16.3 Å². The Kier molecular flexibility index (Phi) is 4.68. The molecule has 3 rings (SSSR count). The number of hydrogen-bond acceptors (Lipinski definition) is 5. The fourth-order valence-corrected chi connectivity index (χ4v) is 3.18. The number of nitrogens with zero attached hydrogens (tertiary/aromatic N) is 2. The van der Waals surface area contributed by atoms with Crippen molar-refractivity contribution in [1.82, 2.24) is 9.97 Å². The Morgan fingerprint density at radius 3 is 2.79 bits per heavy atom. The zero-order valence-electron chi connectivity index (χ0n) is 12.8. The Morgan fingerprint density at radius 2 is 2.00 bits per heavy atom. The van der Waals surface area contributed by atoms with Crippen molar-refractivity contribution < 1.29 is 8.42 Å². The second kappa shape index (κ2) is 6.74. The highest BCUT2D eigenvalue weighted by Crippen LogP contribution is 2.23. The van der Waals surface area contributed by atoms with Gasteiger partial charge in [0.25, 0.3) is 0 Å². The topological polar surface area (TPSA) is 84.0 Å². The molecular formula is C16H15BrN4O2S. The third kappa shape index (κ3) is 4.21. The molecule has 3 aromatic rings. The van der Waals surface area contributed by atoms with Crippen LogP contribution in [-0.4, -0.2) is 24.6 Å². The SMILES string of the molecule is CS(=O)(=O)Nc1cccc(CNc2ccnc3cc(Br)cnc23)c1. The predicted octanol–water partition coefficient (Wildman–Crippen LogP) is 3.38. The summed E-state index contributed by atoms with van der Waals surface area (Å²) < 4.78 is 26.0. The van der Waals surface area contributed by atoms with Crippen molar-refractivity contribution in [3.8, 4) is 0 Å². The maximum atomic E-state index is 11.3. The quantitative estimate of drug-likeness (QED) is 0.678. The lowest BCUT2D eigenvalue weighted by Gasteiger charge is -2.10. The summed E-state index contributed by atoms with van der Waals surface area (Å²) in [5, 5.41) is 3.32. The van der Waals surface area contributed by atoms with Gasteiger partial charge in [-0.05, 0) is 45.8 Å². The number of sulfonamides is 1. The van der Waals surface area contributed by atoms with E-state index in [4.69, 9.17) is 0 Å². The van der Waals surface area contributed by atoms with Gasteiger partial charge in [-0.15, -0.1) is 0 Å². The summed E-state index contributed by atoms with van der Waals surface area (Å²) in [5.41, 5.74) is 3.94. The molecule has 6 nitrogen and oxygen atoms in total. The van der Waals surface area contributed by atoms with Crippen molar-refractivity contribution in [3.05, 3.63) is 58.8 Å². The summed E-state index contributed by atoms with van der Waals surface area (Å²) in [6.45, 7) is 0.538. The third-order valence-corrected chi connectivity index (χ3v) is 4.30. The number of nitrogens with one attached hydrogen (secondary N) is 2. The number of hydrogen-bond donors (Lipinski definition) is 2. The van der Waals surface area contributed by atoms with Crippen LogP contribution in [0.2, 0.25) is 0 Å². The maximum Gasteiger partial charge on any atom is 0.229 e. The number of pyridine rings is 2. The first kappa shape index (κ1) is 16.7. The first-order chi connectivity index (χ1) is 11.4. The molecule has 0 amide bonds. The summed E-state index contributed by atoms with van der Waals surface area (Å²) >= 11 is 3.39. The fourth-order valence-electron chi connectivity index (χ4n) is 2.30. The zero-order valence-corrected chi connectivity index (χ0v) is 15.2. The van der Waals surface area contributed by atoms with E-state index in [1.807, 2.05) is 24.3 Å². The van der Waals surface area contributed by atoms with Crippen LogP contribution < -0.4 is 10.0 Å². The van der Waals surface area contributed by atoms with E-state index < -0.39 is 10.0 Å². The van der Waals surface area contributed by atoms with Crippen LogP contribution in [0, 0.1) is 0 Å². The second-order valence-electron chi connectivity index (χ2n) is 5.31. The van der Waals surface area contributed by atoms with Gasteiger partial charge in [0, 0.05) is 29.1 Å². The molecule has 2 aromatic heterocycles. The highest BCUT2D eigenvalue weighted by atomic mass is 79.9. The van der Waals surface area contributed by atoms with Crippen molar-refractivity contribution >= 4 is 48.4 Å². The summed E-state index contributed by atoms with van der Waals surface area (Å²) in [5.74, 6) is 0. The fraction of sp³-hybridized carbons (Fsp3) is 0.125. The first-order valence-electron chi connectivity index (χ1n) is 7.11. The number of anilines is 2. The van der Waals surface area contributed by atoms with Gasteiger partial charge in [-0.1, -0.05) is 12.1 Å². The maximum absolute atomic E-state index is 11.3. The van der Waals surface area contributed by atoms with Crippen LogP contribution in [0.25, 0.3) is 11.0 Å². The summed E-state index contributed by atoms with van der Waals surface area (Å²) in [6.07, 6.45) is 4.58. The molecule has 0 radical (unpaired) electrons. The Balaban J connectivity index is 1.80. The summed E-state index contributed by atoms with van der Waals surface area (Å²) in [6, 6.07) is 11.0. The van der Waals surface area contributed by atoms with Crippen LogP contribution in [0.5, 0.6) is 0 Å². The largest absolute Gasteiger partial charge is 0.379 e. The predicted molar refractivity (Wildman–Crippen MR) is 99.5 cm³/mol. The first-order valence-corrected chi connectivity index (χ1v) is 9.80. The minimum atomic E-state index is -3.29. The van der Waals surface area contributed by atoms with Crippen LogP contribution in [0.15, 0.2) is 53.3 Å². The third-order valence-electron chi connectivity index (χ3n) is 3.26. The summed E-state index contributed by atoms with van der Waals surface area (Å²) in [4.78, 5) is 8.70. The molecule has 2 heterocycles. The second-order valence-corrected chi connectivity index (χ2v) is 7.97. The molecule has 124 valence electrons. The van der Waals surface area contributed by atoms with Crippen molar-refractivity contribution in [1.29, 1.82) is 0 Å². The standard InChI is InChI=1S/C16H15BrN4O2S/c1-24(22,23)21-13-4-2-3-11(7-13)9-19-14-5-6-18-15-8-12(17)10-20-16(14)15/h2-8,10,21H,9H2,1H3,(H,18,19). The molecule has 0 atom stereocenters. The smallest absolute Gasteiger partial charge is 0.229 e. The van der Waals surface area contributed by atoms with E-state index >= 15 is 0 Å². The Morgan fingerprint density at radius 1 is 1.17 bits per heavy atom. The lowest BCUT2D eigenvalue weighted by molar-refractivity contribution is 0.607. The molecule has 24 heavy (non-hydrogen) atoms. The lowest BCUT2D eigenvalue weighted by Crippen LogP contribution is -2.10.